The molecule has 0 aliphatic heterocycles. The van der Waals surface area contributed by atoms with Crippen molar-refractivity contribution in [2.75, 3.05) is 6.54 Å². The molecule has 1 aromatic rings. The van der Waals surface area contributed by atoms with Gasteiger partial charge in [-0.3, -0.25) is 4.79 Å². The molecule has 1 atom stereocenters. The van der Waals surface area contributed by atoms with E-state index in [2.05, 4.69) is 21.2 Å². The second-order valence-corrected chi connectivity index (χ2v) is 4.15. The molecule has 1 rings (SSSR count). The number of hydrogen-bond acceptors (Lipinski definition) is 2. The fraction of sp³-hybridized carbons (Fsp3) is 0.300. The maximum Gasteiger partial charge on any atom is 0.254 e. The number of carbonyl (C=O) groups is 1. The average Bonchev–Trinajstić information content (AvgIpc) is 2.21. The number of nitrogens with two attached hydrogens (primary N) is 1. The molecular formula is C10H12BrFN2O. The summed E-state index contributed by atoms with van der Waals surface area (Å²) in [4.78, 5) is 11.6. The van der Waals surface area contributed by atoms with E-state index < -0.39 is 11.7 Å². The highest BCUT2D eigenvalue weighted by Crippen LogP contribution is 2.15. The Morgan fingerprint density at radius 3 is 2.93 bits per heavy atom. The van der Waals surface area contributed by atoms with Crippen molar-refractivity contribution in [2.24, 2.45) is 5.73 Å². The first-order valence-electron chi connectivity index (χ1n) is 4.50. The predicted octanol–water partition coefficient (Wildman–Crippen LogP) is 1.67. The lowest BCUT2D eigenvalue weighted by atomic mass is 10.2. The van der Waals surface area contributed by atoms with Crippen molar-refractivity contribution >= 4 is 21.8 Å². The van der Waals surface area contributed by atoms with E-state index in [0.717, 1.165) is 0 Å². The van der Waals surface area contributed by atoms with E-state index in [1.54, 1.807) is 13.0 Å². The van der Waals surface area contributed by atoms with Gasteiger partial charge in [0.05, 0.1) is 5.56 Å². The Labute approximate surface area is 96.0 Å². The van der Waals surface area contributed by atoms with Gasteiger partial charge in [-0.2, -0.15) is 0 Å². The van der Waals surface area contributed by atoms with Gasteiger partial charge in [-0.05, 0) is 25.1 Å². The van der Waals surface area contributed by atoms with Crippen LogP contribution in [0.5, 0.6) is 0 Å². The van der Waals surface area contributed by atoms with Crippen LogP contribution in [0.3, 0.4) is 0 Å². The summed E-state index contributed by atoms with van der Waals surface area (Å²) in [6.07, 6.45) is 0. The summed E-state index contributed by atoms with van der Waals surface area (Å²) in [5.41, 5.74) is 5.37. The Morgan fingerprint density at radius 1 is 1.67 bits per heavy atom. The summed E-state index contributed by atoms with van der Waals surface area (Å²) in [6, 6.07) is 4.05. The molecule has 0 aromatic heterocycles. The number of amides is 1. The van der Waals surface area contributed by atoms with Crippen LogP contribution >= 0.6 is 15.9 Å². The number of carbonyl (C=O) groups excluding carboxylic acids is 1. The van der Waals surface area contributed by atoms with Crippen molar-refractivity contribution < 1.29 is 9.18 Å². The van der Waals surface area contributed by atoms with E-state index in [9.17, 15) is 9.18 Å². The number of nitrogens with one attached hydrogen (secondary N) is 1. The van der Waals surface area contributed by atoms with E-state index in [1.807, 2.05) is 0 Å². The van der Waals surface area contributed by atoms with Crippen molar-refractivity contribution in [3.8, 4) is 0 Å². The zero-order valence-corrected chi connectivity index (χ0v) is 9.84. The predicted molar refractivity (Wildman–Crippen MR) is 60.1 cm³/mol. The van der Waals surface area contributed by atoms with E-state index in [-0.39, 0.29) is 11.6 Å². The van der Waals surface area contributed by atoms with Crippen molar-refractivity contribution in [1.29, 1.82) is 0 Å². The zero-order valence-electron chi connectivity index (χ0n) is 8.26. The molecular weight excluding hydrogens is 263 g/mol. The largest absolute Gasteiger partial charge is 0.348 e. The van der Waals surface area contributed by atoms with Gasteiger partial charge < -0.3 is 11.1 Å². The van der Waals surface area contributed by atoms with Crippen molar-refractivity contribution in [1.82, 2.24) is 5.32 Å². The molecule has 0 unspecified atom stereocenters. The highest BCUT2D eigenvalue weighted by molar-refractivity contribution is 9.10. The maximum absolute atomic E-state index is 13.3. The van der Waals surface area contributed by atoms with Gasteiger partial charge in [0, 0.05) is 17.1 Å². The molecule has 3 N–H and O–H groups in total. The van der Waals surface area contributed by atoms with Crippen LogP contribution in [0.25, 0.3) is 0 Å². The monoisotopic (exact) mass is 274 g/mol. The standard InChI is InChI=1S/C10H12BrFN2O/c1-6(5-13)14-10(15)8-4-7(11)2-3-9(8)12/h2-4,6H,5,13H2,1H3,(H,14,15)/t6-/m1/s1. The van der Waals surface area contributed by atoms with Crippen LogP contribution in [-0.4, -0.2) is 18.5 Å². The Kier molecular flexibility index (Phi) is 4.23. The SMILES string of the molecule is C[C@H](CN)NC(=O)c1cc(Br)ccc1F. The molecule has 1 amide bonds. The Morgan fingerprint density at radius 2 is 2.33 bits per heavy atom. The first-order valence-corrected chi connectivity index (χ1v) is 5.30. The highest BCUT2D eigenvalue weighted by Gasteiger charge is 2.13. The Balaban J connectivity index is 2.86. The van der Waals surface area contributed by atoms with Crippen LogP contribution in [-0.2, 0) is 0 Å². The molecule has 0 saturated carbocycles. The Hall–Kier alpha value is -0.940. The maximum atomic E-state index is 13.3. The number of halogens is 2. The van der Waals surface area contributed by atoms with Gasteiger partial charge >= 0.3 is 0 Å². The molecule has 0 aliphatic carbocycles. The fourth-order valence-electron chi connectivity index (χ4n) is 1.03. The van der Waals surface area contributed by atoms with E-state index in [0.29, 0.717) is 11.0 Å². The molecule has 0 radical (unpaired) electrons. The summed E-state index contributed by atoms with van der Waals surface area (Å²) in [6.45, 7) is 2.08. The minimum absolute atomic E-state index is 0.0182. The summed E-state index contributed by atoms with van der Waals surface area (Å²) in [5.74, 6) is -0.994. The van der Waals surface area contributed by atoms with Crippen LogP contribution in [0.4, 0.5) is 4.39 Å². The van der Waals surface area contributed by atoms with Crippen LogP contribution in [0, 0.1) is 5.82 Å². The summed E-state index contributed by atoms with van der Waals surface area (Å²) in [5, 5.41) is 2.59. The molecule has 0 saturated heterocycles. The van der Waals surface area contributed by atoms with Crippen LogP contribution in [0.2, 0.25) is 0 Å². The number of benzene rings is 1. The highest BCUT2D eigenvalue weighted by atomic mass is 79.9. The second-order valence-electron chi connectivity index (χ2n) is 3.23. The molecule has 82 valence electrons. The van der Waals surface area contributed by atoms with Crippen LogP contribution < -0.4 is 11.1 Å². The third-order valence-corrected chi connectivity index (χ3v) is 2.40. The molecule has 15 heavy (non-hydrogen) atoms. The topological polar surface area (TPSA) is 55.1 Å². The van der Waals surface area contributed by atoms with Gasteiger partial charge in [0.25, 0.3) is 5.91 Å². The van der Waals surface area contributed by atoms with E-state index in [1.165, 1.54) is 12.1 Å². The van der Waals surface area contributed by atoms with Gasteiger partial charge in [0.2, 0.25) is 0 Å². The van der Waals surface area contributed by atoms with Crippen LogP contribution in [0.15, 0.2) is 22.7 Å². The lowest BCUT2D eigenvalue weighted by molar-refractivity contribution is 0.0937. The smallest absolute Gasteiger partial charge is 0.254 e. The average molecular weight is 275 g/mol. The summed E-state index contributed by atoms with van der Waals surface area (Å²) < 4.78 is 13.9. The fourth-order valence-corrected chi connectivity index (χ4v) is 1.39. The molecule has 3 nitrogen and oxygen atoms in total. The number of hydrogen-bond donors (Lipinski definition) is 2. The van der Waals surface area contributed by atoms with Gasteiger partial charge in [-0.15, -0.1) is 0 Å². The minimum atomic E-state index is -0.542. The molecule has 0 fully saturated rings. The summed E-state index contributed by atoms with van der Waals surface area (Å²) >= 11 is 3.18. The molecule has 0 heterocycles. The molecule has 0 spiro atoms. The minimum Gasteiger partial charge on any atom is -0.348 e. The molecule has 0 bridgehead atoms. The molecule has 5 heteroatoms. The second kappa shape index (κ2) is 5.23. The van der Waals surface area contributed by atoms with Crippen LogP contribution in [0.1, 0.15) is 17.3 Å². The zero-order chi connectivity index (χ0) is 11.4. The van der Waals surface area contributed by atoms with Gasteiger partial charge in [-0.25, -0.2) is 4.39 Å². The normalized spacial score (nSPS) is 12.3. The molecule has 1 aromatic carbocycles. The molecule has 0 aliphatic rings. The Bertz CT molecular complexity index is 370. The van der Waals surface area contributed by atoms with E-state index >= 15 is 0 Å². The first-order chi connectivity index (χ1) is 7.04. The van der Waals surface area contributed by atoms with Gasteiger partial charge in [-0.1, -0.05) is 15.9 Å². The third kappa shape index (κ3) is 3.28. The van der Waals surface area contributed by atoms with Gasteiger partial charge in [0.15, 0.2) is 0 Å². The van der Waals surface area contributed by atoms with E-state index in [4.69, 9.17) is 5.73 Å². The first kappa shape index (κ1) is 12.1. The third-order valence-electron chi connectivity index (χ3n) is 1.90. The van der Waals surface area contributed by atoms with Gasteiger partial charge in [0.1, 0.15) is 5.82 Å². The lowest BCUT2D eigenvalue weighted by Crippen LogP contribution is -2.38. The van der Waals surface area contributed by atoms with Crippen molar-refractivity contribution in [3.63, 3.8) is 0 Å². The number of rotatable bonds is 3. The lowest BCUT2D eigenvalue weighted by Gasteiger charge is -2.11. The summed E-state index contributed by atoms with van der Waals surface area (Å²) in [7, 11) is 0. The van der Waals surface area contributed by atoms with Crippen molar-refractivity contribution in [3.05, 3.63) is 34.1 Å². The van der Waals surface area contributed by atoms with Crippen molar-refractivity contribution in [2.45, 2.75) is 13.0 Å². The quantitative estimate of drug-likeness (QED) is 0.881.